The zero-order valence-corrected chi connectivity index (χ0v) is 19.0. The highest BCUT2D eigenvalue weighted by Gasteiger charge is 2.40. The number of halogens is 3. The number of hydrogen-bond donors (Lipinski definition) is 1. The van der Waals surface area contributed by atoms with E-state index in [2.05, 4.69) is 11.0 Å². The normalized spacial score (nSPS) is 19.7. The van der Waals surface area contributed by atoms with Crippen molar-refractivity contribution in [1.82, 2.24) is 4.90 Å². The molecule has 2 aromatic rings. The molecule has 0 aliphatic carbocycles. The van der Waals surface area contributed by atoms with Gasteiger partial charge in [0.1, 0.15) is 0 Å². The van der Waals surface area contributed by atoms with Gasteiger partial charge in [-0.3, -0.25) is 0 Å². The Hall–Kier alpha value is -2.70. The van der Waals surface area contributed by atoms with Crippen LogP contribution in [-0.2, 0) is 12.7 Å². The maximum Gasteiger partial charge on any atom is 0.416 e. The fourth-order valence-corrected chi connectivity index (χ4v) is 4.51. The van der Waals surface area contributed by atoms with Crippen molar-refractivity contribution in [2.24, 2.45) is 5.41 Å². The van der Waals surface area contributed by atoms with Gasteiger partial charge in [-0.05, 0) is 60.6 Å². The standard InChI is InChI=1S/C25H31F3N2O2/c1-17-6-5-7-20(14-17)30(16-18-8-10-19(11-9-18)25(26,27)28)21-12-13-29(23(31)32)22(15-21)24(2,3)4/h5-11,14,21-22H,12-13,15-16H2,1-4H3,(H,31,32). The van der Waals surface area contributed by atoms with Crippen LogP contribution in [0.4, 0.5) is 23.7 Å². The number of hydrogen-bond acceptors (Lipinski definition) is 2. The Kier molecular flexibility index (Phi) is 6.77. The largest absolute Gasteiger partial charge is 0.465 e. The van der Waals surface area contributed by atoms with Gasteiger partial charge in [-0.15, -0.1) is 0 Å². The van der Waals surface area contributed by atoms with E-state index in [0.717, 1.165) is 28.9 Å². The number of amides is 1. The summed E-state index contributed by atoms with van der Waals surface area (Å²) in [5.41, 5.74) is 1.98. The molecule has 2 aromatic carbocycles. The number of alkyl halides is 3. The number of carbonyl (C=O) groups is 1. The summed E-state index contributed by atoms with van der Waals surface area (Å²) in [6.45, 7) is 9.02. The number of piperidine rings is 1. The number of carboxylic acid groups (broad SMARTS) is 1. The van der Waals surface area contributed by atoms with E-state index < -0.39 is 17.8 Å². The van der Waals surface area contributed by atoms with Crippen LogP contribution in [0.15, 0.2) is 48.5 Å². The summed E-state index contributed by atoms with van der Waals surface area (Å²) in [5.74, 6) is 0. The van der Waals surface area contributed by atoms with Crippen LogP contribution in [0.25, 0.3) is 0 Å². The summed E-state index contributed by atoms with van der Waals surface area (Å²) in [5, 5.41) is 9.70. The highest BCUT2D eigenvalue weighted by Crippen LogP contribution is 2.36. The lowest BCUT2D eigenvalue weighted by atomic mass is 9.78. The van der Waals surface area contributed by atoms with Crippen molar-refractivity contribution in [3.63, 3.8) is 0 Å². The fraction of sp³-hybridized carbons (Fsp3) is 0.480. The Balaban J connectivity index is 1.92. The second kappa shape index (κ2) is 9.04. The van der Waals surface area contributed by atoms with Crippen LogP contribution < -0.4 is 4.90 Å². The molecular weight excluding hydrogens is 417 g/mol. The Morgan fingerprint density at radius 3 is 2.31 bits per heavy atom. The monoisotopic (exact) mass is 448 g/mol. The summed E-state index contributed by atoms with van der Waals surface area (Å²) in [7, 11) is 0. The molecule has 0 radical (unpaired) electrons. The van der Waals surface area contributed by atoms with Gasteiger partial charge in [0.2, 0.25) is 0 Å². The summed E-state index contributed by atoms with van der Waals surface area (Å²) in [6, 6.07) is 13.3. The predicted molar refractivity (Wildman–Crippen MR) is 120 cm³/mol. The summed E-state index contributed by atoms with van der Waals surface area (Å²) >= 11 is 0. The lowest BCUT2D eigenvalue weighted by molar-refractivity contribution is -0.137. The van der Waals surface area contributed by atoms with Crippen molar-refractivity contribution >= 4 is 11.8 Å². The van der Waals surface area contributed by atoms with Crippen LogP contribution in [-0.4, -0.2) is 34.7 Å². The third kappa shape index (κ3) is 5.56. The lowest BCUT2D eigenvalue weighted by Crippen LogP contribution is -2.56. The zero-order valence-electron chi connectivity index (χ0n) is 19.0. The van der Waals surface area contributed by atoms with E-state index in [0.29, 0.717) is 25.9 Å². The van der Waals surface area contributed by atoms with Crippen molar-refractivity contribution < 1.29 is 23.1 Å². The maximum atomic E-state index is 13.0. The van der Waals surface area contributed by atoms with E-state index in [1.54, 1.807) is 0 Å². The van der Waals surface area contributed by atoms with Gasteiger partial charge in [0.25, 0.3) is 0 Å². The minimum Gasteiger partial charge on any atom is -0.465 e. The average molecular weight is 449 g/mol. The quantitative estimate of drug-likeness (QED) is 0.575. The first-order chi connectivity index (χ1) is 14.9. The number of aryl methyl sites for hydroxylation is 1. The van der Waals surface area contributed by atoms with Gasteiger partial charge in [-0.25, -0.2) is 4.79 Å². The van der Waals surface area contributed by atoms with Crippen molar-refractivity contribution in [1.29, 1.82) is 0 Å². The van der Waals surface area contributed by atoms with Crippen LogP contribution in [0.3, 0.4) is 0 Å². The van der Waals surface area contributed by atoms with Crippen LogP contribution in [0.5, 0.6) is 0 Å². The van der Waals surface area contributed by atoms with E-state index in [-0.39, 0.29) is 17.5 Å². The van der Waals surface area contributed by atoms with E-state index in [1.807, 2.05) is 45.9 Å². The van der Waals surface area contributed by atoms with Crippen molar-refractivity contribution in [3.8, 4) is 0 Å². The molecule has 2 atom stereocenters. The van der Waals surface area contributed by atoms with Crippen molar-refractivity contribution in [2.75, 3.05) is 11.4 Å². The minimum absolute atomic E-state index is 0.0684. The molecule has 0 spiro atoms. The fourth-order valence-electron chi connectivity index (χ4n) is 4.51. The minimum atomic E-state index is -4.36. The van der Waals surface area contributed by atoms with Gasteiger partial charge in [0.05, 0.1) is 5.56 Å². The molecule has 1 aliphatic heterocycles. The molecule has 1 amide bonds. The molecular formula is C25H31F3N2O2. The first kappa shape index (κ1) is 24.0. The molecule has 0 bridgehead atoms. The van der Waals surface area contributed by atoms with Crippen molar-refractivity contribution in [3.05, 3.63) is 65.2 Å². The average Bonchev–Trinajstić information content (AvgIpc) is 2.70. The molecule has 1 aliphatic rings. The Bertz CT molecular complexity index is 935. The lowest BCUT2D eigenvalue weighted by Gasteiger charge is -2.48. The Morgan fingerprint density at radius 1 is 1.12 bits per heavy atom. The van der Waals surface area contributed by atoms with Gasteiger partial charge >= 0.3 is 12.3 Å². The molecule has 1 heterocycles. The SMILES string of the molecule is Cc1cccc(N(Cc2ccc(C(F)(F)F)cc2)C2CCN(C(=O)O)C(C(C)(C)C)C2)c1. The summed E-state index contributed by atoms with van der Waals surface area (Å²) < 4.78 is 38.9. The van der Waals surface area contributed by atoms with E-state index in [9.17, 15) is 23.1 Å². The predicted octanol–water partition coefficient (Wildman–Crippen LogP) is 6.58. The Labute approximate surface area is 187 Å². The zero-order chi connectivity index (χ0) is 23.7. The van der Waals surface area contributed by atoms with Gasteiger partial charge in [0.15, 0.2) is 0 Å². The molecule has 7 heteroatoms. The van der Waals surface area contributed by atoms with Crippen LogP contribution in [0, 0.1) is 12.3 Å². The smallest absolute Gasteiger partial charge is 0.416 e. The number of nitrogens with zero attached hydrogens (tertiary/aromatic N) is 2. The maximum absolute atomic E-state index is 13.0. The molecule has 2 unspecified atom stereocenters. The number of benzene rings is 2. The highest BCUT2D eigenvalue weighted by molar-refractivity contribution is 5.66. The molecule has 32 heavy (non-hydrogen) atoms. The molecule has 1 fully saturated rings. The summed E-state index contributed by atoms with van der Waals surface area (Å²) in [4.78, 5) is 15.6. The number of likely N-dealkylation sites (tertiary alicyclic amines) is 1. The van der Waals surface area contributed by atoms with Gasteiger partial charge < -0.3 is 14.9 Å². The van der Waals surface area contributed by atoms with Crippen LogP contribution >= 0.6 is 0 Å². The molecule has 1 N–H and O–H groups in total. The molecule has 174 valence electrons. The van der Waals surface area contributed by atoms with E-state index >= 15 is 0 Å². The molecule has 0 saturated carbocycles. The molecule has 4 nitrogen and oxygen atoms in total. The topological polar surface area (TPSA) is 43.8 Å². The van der Waals surface area contributed by atoms with Crippen molar-refractivity contribution in [2.45, 2.75) is 65.3 Å². The van der Waals surface area contributed by atoms with Gasteiger partial charge in [-0.1, -0.05) is 45.0 Å². The third-order valence-electron chi connectivity index (χ3n) is 6.23. The van der Waals surface area contributed by atoms with E-state index in [1.165, 1.54) is 17.0 Å². The Morgan fingerprint density at radius 2 is 1.78 bits per heavy atom. The van der Waals surface area contributed by atoms with E-state index in [4.69, 9.17) is 0 Å². The number of anilines is 1. The highest BCUT2D eigenvalue weighted by atomic mass is 19.4. The van der Waals surface area contributed by atoms with Crippen LogP contribution in [0.1, 0.15) is 50.3 Å². The molecule has 1 saturated heterocycles. The van der Waals surface area contributed by atoms with Gasteiger partial charge in [-0.2, -0.15) is 13.2 Å². The molecule has 3 rings (SSSR count). The van der Waals surface area contributed by atoms with Gasteiger partial charge in [0, 0.05) is 30.9 Å². The van der Waals surface area contributed by atoms with Crippen LogP contribution in [0.2, 0.25) is 0 Å². The third-order valence-corrected chi connectivity index (χ3v) is 6.23. The first-order valence-corrected chi connectivity index (χ1v) is 10.9. The second-order valence-electron chi connectivity index (χ2n) is 9.70. The summed E-state index contributed by atoms with van der Waals surface area (Å²) in [6.07, 6.45) is -3.95. The molecule has 0 aromatic heterocycles. The number of rotatable bonds is 4. The first-order valence-electron chi connectivity index (χ1n) is 10.9. The second-order valence-corrected chi connectivity index (χ2v) is 9.70.